The summed E-state index contributed by atoms with van der Waals surface area (Å²) < 4.78 is 1.69. The van der Waals surface area contributed by atoms with E-state index in [1.165, 1.54) is 5.56 Å². The van der Waals surface area contributed by atoms with Gasteiger partial charge in [-0.25, -0.2) is 0 Å². The van der Waals surface area contributed by atoms with Gasteiger partial charge in [0.2, 0.25) is 5.91 Å². The summed E-state index contributed by atoms with van der Waals surface area (Å²) in [7, 11) is 3.60. The highest BCUT2D eigenvalue weighted by Gasteiger charge is 2.21. The van der Waals surface area contributed by atoms with Gasteiger partial charge in [0.25, 0.3) is 0 Å². The fourth-order valence-electron chi connectivity index (χ4n) is 3.59. The molecule has 7 heteroatoms. The number of benzene rings is 1. The molecule has 0 aliphatic carbocycles. The molecule has 1 unspecified atom stereocenters. The molecular formula is C20H29N5O2. The number of aryl methyl sites for hydroxylation is 1. The summed E-state index contributed by atoms with van der Waals surface area (Å²) in [5.41, 5.74) is 2.81. The number of amides is 1. The van der Waals surface area contributed by atoms with Crippen LogP contribution in [0.15, 0.2) is 36.7 Å². The van der Waals surface area contributed by atoms with Crippen LogP contribution < -0.4 is 10.6 Å². The van der Waals surface area contributed by atoms with Crippen LogP contribution >= 0.6 is 0 Å². The normalized spacial score (nSPS) is 17.0. The van der Waals surface area contributed by atoms with E-state index in [4.69, 9.17) is 0 Å². The number of carbonyl (C=O) groups is 1. The third-order valence-electron chi connectivity index (χ3n) is 5.18. The van der Waals surface area contributed by atoms with Gasteiger partial charge in [0.15, 0.2) is 0 Å². The van der Waals surface area contributed by atoms with E-state index < -0.39 is 6.04 Å². The topological polar surface area (TPSA) is 82.4 Å². The molecule has 7 nitrogen and oxygen atoms in total. The molecule has 1 saturated heterocycles. The number of rotatable bonds is 7. The summed E-state index contributed by atoms with van der Waals surface area (Å²) in [5, 5.41) is 19.5. The van der Waals surface area contributed by atoms with E-state index in [2.05, 4.69) is 26.7 Å². The summed E-state index contributed by atoms with van der Waals surface area (Å²) in [6.07, 6.45) is 5.63. The number of piperidine rings is 1. The fraction of sp³-hybridized carbons (Fsp3) is 0.500. The van der Waals surface area contributed by atoms with Crippen LogP contribution in [0.2, 0.25) is 0 Å². The lowest BCUT2D eigenvalue weighted by Crippen LogP contribution is -2.34. The van der Waals surface area contributed by atoms with Crippen LogP contribution in [0.5, 0.6) is 0 Å². The van der Waals surface area contributed by atoms with Crippen LogP contribution in [0, 0.1) is 5.92 Å². The van der Waals surface area contributed by atoms with Crippen molar-refractivity contribution in [1.82, 2.24) is 20.0 Å². The fourth-order valence-corrected chi connectivity index (χ4v) is 3.59. The highest BCUT2D eigenvalue weighted by atomic mass is 16.3. The lowest BCUT2D eigenvalue weighted by molar-refractivity contribution is -0.118. The van der Waals surface area contributed by atoms with Crippen molar-refractivity contribution >= 4 is 11.6 Å². The molecule has 3 rings (SSSR count). The molecule has 3 N–H and O–H groups in total. The Labute approximate surface area is 160 Å². The third-order valence-corrected chi connectivity index (χ3v) is 5.18. The van der Waals surface area contributed by atoms with Crippen molar-refractivity contribution in [3.8, 4) is 0 Å². The summed E-state index contributed by atoms with van der Waals surface area (Å²) in [6.45, 7) is 3.16. The number of nitrogens with zero attached hydrogens (tertiary/aromatic N) is 3. The number of aromatic nitrogens is 2. The van der Waals surface area contributed by atoms with Crippen LogP contribution in [-0.4, -0.2) is 52.4 Å². The summed E-state index contributed by atoms with van der Waals surface area (Å²) in [5.74, 6) is 0.337. The molecule has 0 spiro atoms. The second-order valence-electron chi connectivity index (χ2n) is 7.26. The smallest absolute Gasteiger partial charge is 0.246 e. The van der Waals surface area contributed by atoms with Crippen molar-refractivity contribution in [2.75, 3.05) is 32.1 Å². The summed E-state index contributed by atoms with van der Waals surface area (Å²) in [6, 6.07) is 7.57. The average molecular weight is 371 g/mol. The van der Waals surface area contributed by atoms with Gasteiger partial charge in [-0.1, -0.05) is 12.1 Å². The quantitative estimate of drug-likeness (QED) is 0.688. The molecule has 1 aromatic carbocycles. The van der Waals surface area contributed by atoms with Gasteiger partial charge in [-0.05, 0) is 56.6 Å². The van der Waals surface area contributed by atoms with Crippen LogP contribution in [0.25, 0.3) is 0 Å². The Kier molecular flexibility index (Phi) is 6.60. The Morgan fingerprint density at radius 3 is 2.78 bits per heavy atom. The average Bonchev–Trinajstić information content (AvgIpc) is 3.09. The first kappa shape index (κ1) is 19.5. The van der Waals surface area contributed by atoms with Gasteiger partial charge in [0.1, 0.15) is 6.04 Å². The van der Waals surface area contributed by atoms with Crippen molar-refractivity contribution in [1.29, 1.82) is 0 Å². The number of anilines is 1. The highest BCUT2D eigenvalue weighted by molar-refractivity contribution is 5.95. The van der Waals surface area contributed by atoms with E-state index in [1.54, 1.807) is 17.9 Å². The molecule has 1 aromatic heterocycles. The molecule has 2 heterocycles. The van der Waals surface area contributed by atoms with Crippen LogP contribution in [0.1, 0.15) is 30.0 Å². The molecular weight excluding hydrogens is 342 g/mol. The maximum absolute atomic E-state index is 12.7. The van der Waals surface area contributed by atoms with Crippen LogP contribution in [0.4, 0.5) is 5.69 Å². The predicted molar refractivity (Wildman–Crippen MR) is 105 cm³/mol. The molecule has 0 bridgehead atoms. The van der Waals surface area contributed by atoms with E-state index in [-0.39, 0.29) is 5.91 Å². The predicted octanol–water partition coefficient (Wildman–Crippen LogP) is 1.52. The molecule has 1 aliphatic rings. The van der Waals surface area contributed by atoms with E-state index in [9.17, 15) is 9.90 Å². The van der Waals surface area contributed by atoms with Gasteiger partial charge in [0, 0.05) is 37.6 Å². The Balaban J connectivity index is 1.60. The first-order chi connectivity index (χ1) is 13.1. The van der Waals surface area contributed by atoms with E-state index in [0.717, 1.165) is 43.7 Å². The number of hydrogen-bond donors (Lipinski definition) is 3. The maximum atomic E-state index is 12.7. The monoisotopic (exact) mass is 371 g/mol. The van der Waals surface area contributed by atoms with Gasteiger partial charge >= 0.3 is 0 Å². The van der Waals surface area contributed by atoms with E-state index in [0.29, 0.717) is 12.5 Å². The summed E-state index contributed by atoms with van der Waals surface area (Å²) in [4.78, 5) is 15.1. The number of carbonyl (C=O) groups excluding carboxylic acids is 1. The van der Waals surface area contributed by atoms with Crippen molar-refractivity contribution in [3.63, 3.8) is 0 Å². The van der Waals surface area contributed by atoms with Crippen molar-refractivity contribution in [2.45, 2.75) is 25.4 Å². The first-order valence-corrected chi connectivity index (χ1v) is 9.48. The van der Waals surface area contributed by atoms with Crippen molar-refractivity contribution in [3.05, 3.63) is 47.8 Å². The third kappa shape index (κ3) is 5.15. The molecule has 1 aliphatic heterocycles. The van der Waals surface area contributed by atoms with Crippen molar-refractivity contribution < 1.29 is 9.90 Å². The van der Waals surface area contributed by atoms with Gasteiger partial charge in [0.05, 0.1) is 6.20 Å². The number of nitrogens with one attached hydrogen (secondary N) is 2. The van der Waals surface area contributed by atoms with Gasteiger partial charge in [-0.2, -0.15) is 5.10 Å². The molecule has 1 fully saturated rings. The van der Waals surface area contributed by atoms with Crippen LogP contribution in [0.3, 0.4) is 0 Å². The number of aliphatic hydroxyl groups is 1. The Morgan fingerprint density at radius 2 is 2.15 bits per heavy atom. The molecule has 146 valence electrons. The highest BCUT2D eigenvalue weighted by Crippen LogP contribution is 2.20. The molecule has 27 heavy (non-hydrogen) atoms. The second kappa shape index (κ2) is 9.12. The lowest BCUT2D eigenvalue weighted by Gasteiger charge is -2.31. The minimum atomic E-state index is -0.445. The van der Waals surface area contributed by atoms with Gasteiger partial charge < -0.3 is 15.7 Å². The molecule has 2 aromatic rings. The van der Waals surface area contributed by atoms with E-state index >= 15 is 0 Å². The van der Waals surface area contributed by atoms with Gasteiger partial charge in [-0.15, -0.1) is 0 Å². The Bertz CT molecular complexity index is 752. The first-order valence-electron chi connectivity index (χ1n) is 9.48. The summed E-state index contributed by atoms with van der Waals surface area (Å²) >= 11 is 0. The maximum Gasteiger partial charge on any atom is 0.246 e. The zero-order valence-corrected chi connectivity index (χ0v) is 16.1. The molecule has 1 atom stereocenters. The number of likely N-dealkylation sites (N-methyl/N-ethyl adjacent to an activating group) is 1. The SMILES string of the molecule is CNC(C(=O)Nc1cccc(CN2CCC(CO)CC2)c1)c1cnn(C)c1. The molecule has 0 saturated carbocycles. The van der Waals surface area contributed by atoms with Crippen molar-refractivity contribution in [2.24, 2.45) is 13.0 Å². The lowest BCUT2D eigenvalue weighted by atomic mass is 9.97. The van der Waals surface area contributed by atoms with Gasteiger partial charge in [-0.3, -0.25) is 14.4 Å². The zero-order valence-electron chi connectivity index (χ0n) is 16.1. The molecule has 0 radical (unpaired) electrons. The number of likely N-dealkylation sites (tertiary alicyclic amines) is 1. The van der Waals surface area contributed by atoms with E-state index in [1.807, 2.05) is 31.4 Å². The Morgan fingerprint density at radius 1 is 1.37 bits per heavy atom. The Hall–Kier alpha value is -2.22. The standard InChI is InChI=1S/C20H29N5O2/c1-21-19(17-11-22-24(2)13-17)20(27)23-18-5-3-4-16(10-18)12-25-8-6-15(14-26)7-9-25/h3-5,10-11,13,15,19,21,26H,6-9,12,14H2,1-2H3,(H,23,27). The van der Waals surface area contributed by atoms with Crippen LogP contribution in [-0.2, 0) is 18.4 Å². The zero-order chi connectivity index (χ0) is 19.2. The second-order valence-corrected chi connectivity index (χ2v) is 7.26. The molecule has 1 amide bonds. The minimum absolute atomic E-state index is 0.105. The number of aliphatic hydroxyl groups excluding tert-OH is 1. The largest absolute Gasteiger partial charge is 0.396 e. The number of hydrogen-bond acceptors (Lipinski definition) is 5. The minimum Gasteiger partial charge on any atom is -0.396 e.